The van der Waals surface area contributed by atoms with Gasteiger partial charge in [0.2, 0.25) is 5.82 Å². The van der Waals surface area contributed by atoms with Crippen LogP contribution in [0.5, 0.6) is 5.75 Å². The maximum absolute atomic E-state index is 5.84. The summed E-state index contributed by atoms with van der Waals surface area (Å²) in [5.74, 6) is 2.00. The highest BCUT2D eigenvalue weighted by Gasteiger charge is 2.30. The molecule has 3 heterocycles. The molecular weight excluding hydrogens is 258 g/mol. The van der Waals surface area contributed by atoms with Crippen molar-refractivity contribution in [1.82, 2.24) is 15.5 Å². The van der Waals surface area contributed by atoms with Crippen LogP contribution in [-0.2, 0) is 11.2 Å². The van der Waals surface area contributed by atoms with E-state index in [4.69, 9.17) is 14.0 Å². The number of morpholine rings is 1. The molecule has 2 atom stereocenters. The molecule has 2 aliphatic rings. The van der Waals surface area contributed by atoms with Crippen molar-refractivity contribution in [3.05, 3.63) is 41.5 Å². The smallest absolute Gasteiger partial charge is 0.268 e. The molecule has 2 aromatic rings. The Morgan fingerprint density at radius 1 is 1.20 bits per heavy atom. The van der Waals surface area contributed by atoms with Crippen molar-refractivity contribution in [1.29, 1.82) is 0 Å². The van der Waals surface area contributed by atoms with Gasteiger partial charge >= 0.3 is 0 Å². The van der Waals surface area contributed by atoms with E-state index in [9.17, 15) is 0 Å². The number of benzene rings is 1. The molecule has 104 valence electrons. The van der Waals surface area contributed by atoms with Crippen LogP contribution >= 0.6 is 0 Å². The van der Waals surface area contributed by atoms with Gasteiger partial charge in [-0.1, -0.05) is 23.4 Å². The SMILES string of the molecule is c1ccc2c(c1)CC(c1nc(C3CNCCO3)no1)O2. The van der Waals surface area contributed by atoms with E-state index in [0.29, 0.717) is 24.9 Å². The summed E-state index contributed by atoms with van der Waals surface area (Å²) in [6.07, 6.45) is 0.442. The Labute approximate surface area is 116 Å². The van der Waals surface area contributed by atoms with Crippen LogP contribution in [0.3, 0.4) is 0 Å². The minimum Gasteiger partial charge on any atom is -0.480 e. The van der Waals surface area contributed by atoms with E-state index in [0.717, 1.165) is 18.7 Å². The summed E-state index contributed by atoms with van der Waals surface area (Å²) in [7, 11) is 0. The van der Waals surface area contributed by atoms with Crippen LogP contribution in [0.4, 0.5) is 0 Å². The average Bonchev–Trinajstić information content (AvgIpc) is 3.14. The molecular formula is C14H15N3O3. The van der Waals surface area contributed by atoms with E-state index in [2.05, 4.69) is 21.5 Å². The largest absolute Gasteiger partial charge is 0.480 e. The van der Waals surface area contributed by atoms with Gasteiger partial charge < -0.3 is 19.3 Å². The molecule has 2 aliphatic heterocycles. The number of ether oxygens (including phenoxy) is 2. The Hall–Kier alpha value is -1.92. The quantitative estimate of drug-likeness (QED) is 0.892. The van der Waals surface area contributed by atoms with Crippen molar-refractivity contribution in [2.75, 3.05) is 19.7 Å². The summed E-state index contributed by atoms with van der Waals surface area (Å²) >= 11 is 0. The maximum Gasteiger partial charge on any atom is 0.268 e. The molecule has 1 fully saturated rings. The van der Waals surface area contributed by atoms with E-state index < -0.39 is 0 Å². The van der Waals surface area contributed by atoms with E-state index in [1.807, 2.05) is 18.2 Å². The van der Waals surface area contributed by atoms with E-state index in [-0.39, 0.29) is 12.2 Å². The van der Waals surface area contributed by atoms with Crippen LogP contribution in [0.25, 0.3) is 0 Å². The van der Waals surface area contributed by atoms with Gasteiger partial charge in [-0.25, -0.2) is 0 Å². The van der Waals surface area contributed by atoms with Gasteiger partial charge in [-0.2, -0.15) is 4.98 Å². The molecule has 0 saturated carbocycles. The molecule has 0 spiro atoms. The minimum absolute atomic E-state index is 0.134. The lowest BCUT2D eigenvalue weighted by Crippen LogP contribution is -2.33. The van der Waals surface area contributed by atoms with Crippen molar-refractivity contribution in [2.24, 2.45) is 0 Å². The van der Waals surface area contributed by atoms with E-state index in [1.165, 1.54) is 5.56 Å². The summed E-state index contributed by atoms with van der Waals surface area (Å²) < 4.78 is 16.8. The van der Waals surface area contributed by atoms with Crippen LogP contribution < -0.4 is 10.1 Å². The van der Waals surface area contributed by atoms with Gasteiger partial charge in [-0.05, 0) is 11.6 Å². The zero-order chi connectivity index (χ0) is 13.4. The van der Waals surface area contributed by atoms with Crippen LogP contribution in [0.2, 0.25) is 0 Å². The highest BCUT2D eigenvalue weighted by molar-refractivity contribution is 5.37. The Kier molecular flexibility index (Phi) is 2.90. The molecule has 2 unspecified atom stereocenters. The molecule has 1 saturated heterocycles. The van der Waals surface area contributed by atoms with Gasteiger partial charge in [0, 0.05) is 19.5 Å². The number of fused-ring (bicyclic) bond motifs is 1. The lowest BCUT2D eigenvalue weighted by Gasteiger charge is -2.20. The van der Waals surface area contributed by atoms with Crippen molar-refractivity contribution in [2.45, 2.75) is 18.6 Å². The zero-order valence-electron chi connectivity index (χ0n) is 10.9. The Bertz CT molecular complexity index is 582. The summed E-state index contributed by atoms with van der Waals surface area (Å²) in [5, 5.41) is 7.26. The second kappa shape index (κ2) is 4.88. The molecule has 0 amide bonds. The average molecular weight is 273 g/mol. The fourth-order valence-corrected chi connectivity index (χ4v) is 2.56. The third-order valence-electron chi connectivity index (χ3n) is 3.60. The van der Waals surface area contributed by atoms with Gasteiger partial charge in [0.25, 0.3) is 5.89 Å². The second-order valence-electron chi connectivity index (χ2n) is 4.97. The lowest BCUT2D eigenvalue weighted by molar-refractivity contribution is 0.0208. The number of rotatable bonds is 2. The molecule has 1 aromatic carbocycles. The number of nitrogens with one attached hydrogen (secondary N) is 1. The van der Waals surface area contributed by atoms with Crippen molar-refractivity contribution >= 4 is 0 Å². The third kappa shape index (κ3) is 2.07. The number of hydrogen-bond acceptors (Lipinski definition) is 6. The first-order valence-electron chi connectivity index (χ1n) is 6.80. The summed E-state index contributed by atoms with van der Waals surface area (Å²) in [6.45, 7) is 2.24. The topological polar surface area (TPSA) is 69.4 Å². The standard InChI is InChI=1S/C14H15N3O3/c1-2-4-10-9(3-1)7-11(19-10)14-16-13(17-20-14)12-8-15-5-6-18-12/h1-4,11-12,15H,5-8H2. The molecule has 20 heavy (non-hydrogen) atoms. The summed E-state index contributed by atoms with van der Waals surface area (Å²) in [5.41, 5.74) is 1.17. The van der Waals surface area contributed by atoms with Crippen molar-refractivity contribution < 1.29 is 14.0 Å². The number of nitrogens with zero attached hydrogens (tertiary/aromatic N) is 2. The number of hydrogen-bond donors (Lipinski definition) is 1. The summed E-state index contributed by atoms with van der Waals surface area (Å²) in [6, 6.07) is 7.98. The van der Waals surface area contributed by atoms with Gasteiger partial charge in [-0.15, -0.1) is 0 Å². The van der Waals surface area contributed by atoms with Crippen LogP contribution in [-0.4, -0.2) is 29.8 Å². The molecule has 6 nitrogen and oxygen atoms in total. The first-order valence-corrected chi connectivity index (χ1v) is 6.80. The van der Waals surface area contributed by atoms with Crippen molar-refractivity contribution in [3.63, 3.8) is 0 Å². The highest BCUT2D eigenvalue weighted by atomic mass is 16.5. The van der Waals surface area contributed by atoms with Gasteiger partial charge in [0.15, 0.2) is 6.10 Å². The second-order valence-corrected chi connectivity index (χ2v) is 4.97. The Balaban J connectivity index is 1.52. The first-order chi connectivity index (χ1) is 9.90. The maximum atomic E-state index is 5.84. The number of para-hydroxylation sites is 1. The minimum atomic E-state index is -0.190. The first kappa shape index (κ1) is 11.9. The third-order valence-corrected chi connectivity index (χ3v) is 3.60. The van der Waals surface area contributed by atoms with Gasteiger partial charge in [-0.3, -0.25) is 0 Å². The fourth-order valence-electron chi connectivity index (χ4n) is 2.56. The highest BCUT2D eigenvalue weighted by Crippen LogP contribution is 2.35. The van der Waals surface area contributed by atoms with Crippen LogP contribution in [0.1, 0.15) is 29.5 Å². The molecule has 4 rings (SSSR count). The van der Waals surface area contributed by atoms with Gasteiger partial charge in [0.1, 0.15) is 11.9 Å². The molecule has 0 bridgehead atoms. The van der Waals surface area contributed by atoms with Crippen LogP contribution in [0.15, 0.2) is 28.8 Å². The van der Waals surface area contributed by atoms with Crippen LogP contribution in [0, 0.1) is 0 Å². The predicted molar refractivity (Wildman–Crippen MR) is 69.4 cm³/mol. The van der Waals surface area contributed by atoms with Crippen molar-refractivity contribution in [3.8, 4) is 5.75 Å². The Morgan fingerprint density at radius 3 is 3.00 bits per heavy atom. The molecule has 0 aliphatic carbocycles. The molecule has 1 N–H and O–H groups in total. The predicted octanol–water partition coefficient (Wildman–Crippen LogP) is 1.41. The fraction of sp³-hybridized carbons (Fsp3) is 0.429. The normalized spacial score (nSPS) is 25.2. The summed E-state index contributed by atoms with van der Waals surface area (Å²) in [4.78, 5) is 4.43. The van der Waals surface area contributed by atoms with Gasteiger partial charge in [0.05, 0.1) is 6.61 Å². The Morgan fingerprint density at radius 2 is 2.15 bits per heavy atom. The zero-order valence-corrected chi connectivity index (χ0v) is 10.9. The van der Waals surface area contributed by atoms with E-state index in [1.54, 1.807) is 0 Å². The lowest BCUT2D eigenvalue weighted by atomic mass is 10.1. The monoisotopic (exact) mass is 273 g/mol. The molecule has 0 radical (unpaired) electrons. The van der Waals surface area contributed by atoms with E-state index >= 15 is 0 Å². The number of aromatic nitrogens is 2. The molecule has 6 heteroatoms. The molecule has 1 aromatic heterocycles.